The number of aryl methyl sites for hydroxylation is 1. The predicted octanol–water partition coefficient (Wildman–Crippen LogP) is 2.00. The van der Waals surface area contributed by atoms with Gasteiger partial charge in [-0.25, -0.2) is 0 Å². The molecule has 1 aromatic carbocycles. The largest absolute Gasteiger partial charge is 0.378 e. The van der Waals surface area contributed by atoms with Gasteiger partial charge in [0.25, 0.3) is 5.91 Å². The van der Waals surface area contributed by atoms with Crippen LogP contribution in [0.1, 0.15) is 49.1 Å². The van der Waals surface area contributed by atoms with E-state index in [4.69, 9.17) is 4.52 Å². The maximum absolute atomic E-state index is 12.4. The molecule has 6 nitrogen and oxygen atoms in total. The molecule has 1 fully saturated rings. The molecule has 0 spiro atoms. The first kappa shape index (κ1) is 14.7. The molecular weight excluding hydrogens is 282 g/mol. The van der Waals surface area contributed by atoms with Crippen molar-refractivity contribution in [2.75, 3.05) is 0 Å². The number of benzene rings is 1. The Balaban J connectivity index is 1.81. The van der Waals surface area contributed by atoms with Crippen molar-refractivity contribution in [3.63, 3.8) is 0 Å². The Bertz CT molecular complexity index is 648. The van der Waals surface area contributed by atoms with Crippen LogP contribution in [-0.2, 0) is 10.3 Å². The van der Waals surface area contributed by atoms with Crippen LogP contribution >= 0.6 is 0 Å². The zero-order chi connectivity index (χ0) is 15.6. The average molecular weight is 301 g/mol. The summed E-state index contributed by atoms with van der Waals surface area (Å²) < 4.78 is 5.05. The second-order valence-corrected chi connectivity index (χ2v) is 5.73. The average Bonchev–Trinajstić information content (AvgIpc) is 3.17. The minimum absolute atomic E-state index is 0.435. The van der Waals surface area contributed by atoms with Crippen molar-refractivity contribution in [2.24, 2.45) is 0 Å². The summed E-state index contributed by atoms with van der Waals surface area (Å²) in [5.41, 5.74) is -0.0672. The van der Waals surface area contributed by atoms with Gasteiger partial charge >= 0.3 is 0 Å². The number of aliphatic hydroxyl groups is 1. The highest BCUT2D eigenvalue weighted by Crippen LogP contribution is 2.37. The van der Waals surface area contributed by atoms with E-state index in [1.54, 1.807) is 31.2 Å². The molecule has 3 rings (SSSR count). The summed E-state index contributed by atoms with van der Waals surface area (Å²) in [4.78, 5) is 16.7. The van der Waals surface area contributed by atoms with Crippen LogP contribution in [0.4, 0.5) is 0 Å². The summed E-state index contributed by atoms with van der Waals surface area (Å²) in [7, 11) is 0. The highest BCUT2D eigenvalue weighted by molar-refractivity contribution is 5.82. The SMILES string of the molecule is Cc1nc(C2(NC(=O)C(O)c3ccccc3)CCCC2)no1. The maximum Gasteiger partial charge on any atom is 0.254 e. The highest BCUT2D eigenvalue weighted by atomic mass is 16.5. The molecule has 1 saturated carbocycles. The Hall–Kier alpha value is -2.21. The van der Waals surface area contributed by atoms with Gasteiger partial charge in [-0.05, 0) is 18.4 Å². The summed E-state index contributed by atoms with van der Waals surface area (Å²) in [5, 5.41) is 17.2. The van der Waals surface area contributed by atoms with Crippen molar-refractivity contribution in [1.82, 2.24) is 15.5 Å². The van der Waals surface area contributed by atoms with Gasteiger partial charge < -0.3 is 14.9 Å². The number of aromatic nitrogens is 2. The van der Waals surface area contributed by atoms with Gasteiger partial charge in [0.2, 0.25) is 5.89 Å². The Kier molecular flexibility index (Phi) is 3.94. The van der Waals surface area contributed by atoms with Crippen molar-refractivity contribution >= 4 is 5.91 Å². The van der Waals surface area contributed by atoms with E-state index in [0.29, 0.717) is 17.3 Å². The Morgan fingerprint density at radius 1 is 1.32 bits per heavy atom. The number of amides is 1. The molecule has 0 aliphatic heterocycles. The van der Waals surface area contributed by atoms with Crippen molar-refractivity contribution in [2.45, 2.75) is 44.2 Å². The number of hydrogen-bond acceptors (Lipinski definition) is 5. The quantitative estimate of drug-likeness (QED) is 0.901. The molecule has 0 bridgehead atoms. The maximum atomic E-state index is 12.4. The van der Waals surface area contributed by atoms with E-state index in [1.165, 1.54) is 0 Å². The lowest BCUT2D eigenvalue weighted by atomic mass is 9.95. The first-order valence-electron chi connectivity index (χ1n) is 7.46. The second kappa shape index (κ2) is 5.88. The molecule has 6 heteroatoms. The third kappa shape index (κ3) is 2.74. The third-order valence-corrected chi connectivity index (χ3v) is 4.14. The van der Waals surface area contributed by atoms with Gasteiger partial charge in [-0.2, -0.15) is 4.98 Å². The fourth-order valence-corrected chi connectivity index (χ4v) is 2.97. The van der Waals surface area contributed by atoms with Crippen LogP contribution in [0.2, 0.25) is 0 Å². The van der Waals surface area contributed by atoms with Crippen LogP contribution in [0.15, 0.2) is 34.9 Å². The van der Waals surface area contributed by atoms with Gasteiger partial charge in [0.05, 0.1) is 0 Å². The molecule has 2 aromatic rings. The van der Waals surface area contributed by atoms with E-state index in [0.717, 1.165) is 25.7 Å². The van der Waals surface area contributed by atoms with Crippen LogP contribution in [0.25, 0.3) is 0 Å². The molecular formula is C16H19N3O3. The molecule has 1 heterocycles. The van der Waals surface area contributed by atoms with E-state index < -0.39 is 17.6 Å². The van der Waals surface area contributed by atoms with Gasteiger partial charge in [-0.1, -0.05) is 48.3 Å². The van der Waals surface area contributed by atoms with Gasteiger partial charge in [0.1, 0.15) is 5.54 Å². The minimum atomic E-state index is -1.20. The first-order valence-corrected chi connectivity index (χ1v) is 7.46. The predicted molar refractivity (Wildman–Crippen MR) is 78.7 cm³/mol. The number of nitrogens with zero attached hydrogens (tertiary/aromatic N) is 2. The Morgan fingerprint density at radius 2 is 2.00 bits per heavy atom. The van der Waals surface area contributed by atoms with Crippen molar-refractivity contribution < 1.29 is 14.4 Å². The second-order valence-electron chi connectivity index (χ2n) is 5.73. The Morgan fingerprint density at radius 3 is 2.59 bits per heavy atom. The van der Waals surface area contributed by atoms with Gasteiger partial charge in [0, 0.05) is 6.92 Å². The number of hydrogen-bond donors (Lipinski definition) is 2. The summed E-state index contributed by atoms with van der Waals surface area (Å²) in [6.45, 7) is 1.72. The van der Waals surface area contributed by atoms with Crippen molar-refractivity contribution in [3.05, 3.63) is 47.6 Å². The summed E-state index contributed by atoms with van der Waals surface area (Å²) in [6, 6.07) is 8.88. The molecule has 22 heavy (non-hydrogen) atoms. The molecule has 0 saturated heterocycles. The number of carbonyl (C=O) groups is 1. The van der Waals surface area contributed by atoms with E-state index in [2.05, 4.69) is 15.5 Å². The fraction of sp³-hybridized carbons (Fsp3) is 0.438. The Labute approximate surface area is 128 Å². The summed E-state index contributed by atoms with van der Waals surface area (Å²) in [5.74, 6) is 0.533. The number of nitrogens with one attached hydrogen (secondary N) is 1. The topological polar surface area (TPSA) is 88.2 Å². The highest BCUT2D eigenvalue weighted by Gasteiger charge is 2.42. The molecule has 2 N–H and O–H groups in total. The molecule has 1 atom stereocenters. The van der Waals surface area contributed by atoms with Gasteiger partial charge in [-0.3, -0.25) is 4.79 Å². The van der Waals surface area contributed by atoms with Crippen LogP contribution < -0.4 is 5.32 Å². The van der Waals surface area contributed by atoms with Gasteiger partial charge in [0.15, 0.2) is 11.9 Å². The zero-order valence-electron chi connectivity index (χ0n) is 12.5. The standard InChI is InChI=1S/C16H19N3O3/c1-11-17-15(19-22-11)16(9-5-6-10-16)18-14(21)13(20)12-7-3-2-4-8-12/h2-4,7-8,13,20H,5-6,9-10H2,1H3,(H,18,21). The lowest BCUT2D eigenvalue weighted by Gasteiger charge is -2.28. The normalized spacial score (nSPS) is 18.1. The van der Waals surface area contributed by atoms with E-state index in [-0.39, 0.29) is 0 Å². The first-order chi connectivity index (χ1) is 10.6. The molecule has 0 radical (unpaired) electrons. The zero-order valence-corrected chi connectivity index (χ0v) is 12.5. The van der Waals surface area contributed by atoms with Crippen LogP contribution in [-0.4, -0.2) is 21.2 Å². The molecule has 1 aliphatic carbocycles. The number of carbonyl (C=O) groups excluding carboxylic acids is 1. The molecule has 1 amide bonds. The fourth-order valence-electron chi connectivity index (χ4n) is 2.97. The lowest BCUT2D eigenvalue weighted by Crippen LogP contribution is -2.46. The lowest BCUT2D eigenvalue weighted by molar-refractivity contribution is -0.132. The molecule has 1 aliphatic rings. The van der Waals surface area contributed by atoms with E-state index in [9.17, 15) is 9.90 Å². The number of rotatable bonds is 4. The van der Waals surface area contributed by atoms with Crippen LogP contribution in [0.3, 0.4) is 0 Å². The molecule has 116 valence electrons. The monoisotopic (exact) mass is 301 g/mol. The summed E-state index contributed by atoms with van der Waals surface area (Å²) >= 11 is 0. The third-order valence-electron chi connectivity index (χ3n) is 4.14. The summed E-state index contributed by atoms with van der Waals surface area (Å²) in [6.07, 6.45) is 2.26. The van der Waals surface area contributed by atoms with E-state index in [1.807, 2.05) is 6.07 Å². The van der Waals surface area contributed by atoms with Crippen molar-refractivity contribution in [3.8, 4) is 0 Å². The van der Waals surface area contributed by atoms with Crippen molar-refractivity contribution in [1.29, 1.82) is 0 Å². The molecule has 1 unspecified atom stereocenters. The molecule has 1 aromatic heterocycles. The van der Waals surface area contributed by atoms with Crippen LogP contribution in [0.5, 0.6) is 0 Å². The van der Waals surface area contributed by atoms with Crippen LogP contribution in [0, 0.1) is 6.92 Å². The minimum Gasteiger partial charge on any atom is -0.378 e. The van der Waals surface area contributed by atoms with E-state index >= 15 is 0 Å². The smallest absolute Gasteiger partial charge is 0.254 e. The van der Waals surface area contributed by atoms with Gasteiger partial charge in [-0.15, -0.1) is 0 Å². The number of aliphatic hydroxyl groups excluding tert-OH is 1.